The third-order valence-corrected chi connectivity index (χ3v) is 4.34. The van der Waals surface area contributed by atoms with Crippen molar-refractivity contribution in [1.29, 1.82) is 0 Å². The predicted molar refractivity (Wildman–Crippen MR) is 76.4 cm³/mol. The highest BCUT2D eigenvalue weighted by Crippen LogP contribution is 2.23. The summed E-state index contributed by atoms with van der Waals surface area (Å²) in [6.07, 6.45) is 1.93. The third kappa shape index (κ3) is 3.05. The molecule has 0 amide bonds. The van der Waals surface area contributed by atoms with Gasteiger partial charge in [-0.1, -0.05) is 0 Å². The Morgan fingerprint density at radius 3 is 3.05 bits per heavy atom. The zero-order valence-corrected chi connectivity index (χ0v) is 12.2. The molecule has 1 aliphatic heterocycles. The van der Waals surface area contributed by atoms with Crippen molar-refractivity contribution in [2.75, 3.05) is 19.7 Å². The lowest BCUT2D eigenvalue weighted by molar-refractivity contribution is -0.0365. The molecule has 0 spiro atoms. The van der Waals surface area contributed by atoms with Crippen molar-refractivity contribution < 1.29 is 4.74 Å². The first kappa shape index (κ1) is 12.8. The van der Waals surface area contributed by atoms with E-state index in [9.17, 15) is 0 Å². The SMILES string of the molecule is Cc1cnc([C@@H]2CN(Cc3ccc(C)s3)CCO2)[nH]1. The number of nitrogens with one attached hydrogen (secondary N) is 1. The fraction of sp³-hybridized carbons (Fsp3) is 0.500. The fourth-order valence-electron chi connectivity index (χ4n) is 2.40. The molecule has 1 atom stereocenters. The minimum Gasteiger partial charge on any atom is -0.368 e. The average Bonchev–Trinajstić information content (AvgIpc) is 2.99. The molecule has 0 bridgehead atoms. The van der Waals surface area contributed by atoms with Crippen LogP contribution in [-0.4, -0.2) is 34.6 Å². The van der Waals surface area contributed by atoms with Gasteiger partial charge >= 0.3 is 0 Å². The Hall–Kier alpha value is -1.17. The van der Waals surface area contributed by atoms with Crippen molar-refractivity contribution in [3.8, 4) is 0 Å². The second-order valence-electron chi connectivity index (χ2n) is 5.06. The van der Waals surface area contributed by atoms with Crippen LogP contribution in [0.3, 0.4) is 0 Å². The smallest absolute Gasteiger partial charge is 0.136 e. The Morgan fingerprint density at radius 2 is 2.37 bits per heavy atom. The van der Waals surface area contributed by atoms with Gasteiger partial charge in [-0.05, 0) is 26.0 Å². The summed E-state index contributed by atoms with van der Waals surface area (Å²) in [5.74, 6) is 0.949. The molecule has 0 aromatic carbocycles. The predicted octanol–water partition coefficient (Wildman–Crippen LogP) is 2.66. The monoisotopic (exact) mass is 277 g/mol. The van der Waals surface area contributed by atoms with Crippen LogP contribution in [0.25, 0.3) is 0 Å². The van der Waals surface area contributed by atoms with Crippen molar-refractivity contribution in [1.82, 2.24) is 14.9 Å². The maximum absolute atomic E-state index is 5.82. The van der Waals surface area contributed by atoms with Crippen molar-refractivity contribution >= 4 is 11.3 Å². The maximum atomic E-state index is 5.82. The molecule has 4 nitrogen and oxygen atoms in total. The number of imidazole rings is 1. The second kappa shape index (κ2) is 5.45. The number of aryl methyl sites for hydroxylation is 2. The number of aromatic nitrogens is 2. The number of aromatic amines is 1. The molecule has 1 fully saturated rings. The van der Waals surface area contributed by atoms with E-state index in [-0.39, 0.29) is 6.10 Å². The molecule has 0 radical (unpaired) electrons. The Morgan fingerprint density at radius 1 is 1.47 bits per heavy atom. The summed E-state index contributed by atoms with van der Waals surface area (Å²) in [6, 6.07) is 4.41. The van der Waals surface area contributed by atoms with Gasteiger partial charge in [0.2, 0.25) is 0 Å². The van der Waals surface area contributed by atoms with E-state index < -0.39 is 0 Å². The molecule has 0 saturated carbocycles. The molecule has 0 unspecified atom stereocenters. The van der Waals surface area contributed by atoms with Crippen molar-refractivity contribution in [3.05, 3.63) is 39.6 Å². The third-order valence-electron chi connectivity index (χ3n) is 3.35. The first-order valence-corrected chi connectivity index (χ1v) is 7.43. The minimum atomic E-state index is 0.0727. The number of ether oxygens (including phenoxy) is 1. The number of rotatable bonds is 3. The van der Waals surface area contributed by atoms with Gasteiger partial charge in [-0.15, -0.1) is 11.3 Å². The molecule has 2 aromatic heterocycles. The van der Waals surface area contributed by atoms with Crippen LogP contribution >= 0.6 is 11.3 Å². The lowest BCUT2D eigenvalue weighted by atomic mass is 10.2. The van der Waals surface area contributed by atoms with Crippen molar-refractivity contribution in [3.63, 3.8) is 0 Å². The van der Waals surface area contributed by atoms with Crippen LogP contribution in [0, 0.1) is 13.8 Å². The number of hydrogen-bond acceptors (Lipinski definition) is 4. The van der Waals surface area contributed by atoms with E-state index in [0.717, 1.165) is 37.8 Å². The van der Waals surface area contributed by atoms with Gasteiger partial charge in [0.05, 0.1) is 6.61 Å². The number of nitrogens with zero attached hydrogens (tertiary/aromatic N) is 2. The second-order valence-corrected chi connectivity index (χ2v) is 6.43. The highest BCUT2D eigenvalue weighted by Gasteiger charge is 2.24. The van der Waals surface area contributed by atoms with E-state index in [1.54, 1.807) is 0 Å². The first-order chi connectivity index (χ1) is 9.20. The Labute approximate surface area is 117 Å². The minimum absolute atomic E-state index is 0.0727. The molecule has 102 valence electrons. The standard InChI is InChI=1S/C14H19N3OS/c1-10-7-15-14(16-10)13-9-17(5-6-18-13)8-12-4-3-11(2)19-12/h3-4,7,13H,5-6,8-9H2,1-2H3,(H,15,16)/t13-/m0/s1. The fourth-order valence-corrected chi connectivity index (χ4v) is 3.33. The first-order valence-electron chi connectivity index (χ1n) is 6.61. The summed E-state index contributed by atoms with van der Waals surface area (Å²) in [6.45, 7) is 7.86. The van der Waals surface area contributed by atoms with Gasteiger partial charge in [-0.25, -0.2) is 4.98 Å². The van der Waals surface area contributed by atoms with Crippen LogP contribution < -0.4 is 0 Å². The summed E-state index contributed by atoms with van der Waals surface area (Å²) in [5.41, 5.74) is 1.09. The Bertz CT molecular complexity index is 548. The van der Waals surface area contributed by atoms with Gasteiger partial charge < -0.3 is 9.72 Å². The van der Waals surface area contributed by atoms with Gasteiger partial charge in [0, 0.05) is 41.3 Å². The number of morpholine rings is 1. The van der Waals surface area contributed by atoms with E-state index >= 15 is 0 Å². The molecule has 3 rings (SSSR count). The summed E-state index contributed by atoms with van der Waals surface area (Å²) in [7, 11) is 0. The Balaban J connectivity index is 1.64. The molecule has 1 aliphatic rings. The van der Waals surface area contributed by atoms with Crippen LogP contribution in [0.15, 0.2) is 18.3 Å². The molecule has 1 N–H and O–H groups in total. The molecule has 0 aliphatic carbocycles. The lowest BCUT2D eigenvalue weighted by Crippen LogP contribution is -2.38. The van der Waals surface area contributed by atoms with Crippen LogP contribution in [0.2, 0.25) is 0 Å². The molecule has 1 saturated heterocycles. The molecular weight excluding hydrogens is 258 g/mol. The quantitative estimate of drug-likeness (QED) is 0.937. The molecular formula is C14H19N3OS. The molecule has 19 heavy (non-hydrogen) atoms. The van der Waals surface area contributed by atoms with E-state index in [4.69, 9.17) is 4.74 Å². The summed E-state index contributed by atoms with van der Waals surface area (Å²) in [5, 5.41) is 0. The van der Waals surface area contributed by atoms with E-state index in [1.807, 2.05) is 24.5 Å². The largest absolute Gasteiger partial charge is 0.368 e. The summed E-state index contributed by atoms with van der Waals surface area (Å²) >= 11 is 1.88. The van der Waals surface area contributed by atoms with Crippen LogP contribution in [0.5, 0.6) is 0 Å². The molecule has 2 aromatic rings. The number of thiophene rings is 1. The van der Waals surface area contributed by atoms with E-state index in [2.05, 4.69) is 33.9 Å². The maximum Gasteiger partial charge on any atom is 0.136 e. The summed E-state index contributed by atoms with van der Waals surface area (Å²) in [4.78, 5) is 12.9. The van der Waals surface area contributed by atoms with Crippen molar-refractivity contribution in [2.45, 2.75) is 26.5 Å². The highest BCUT2D eigenvalue weighted by molar-refractivity contribution is 7.11. The topological polar surface area (TPSA) is 41.2 Å². The van der Waals surface area contributed by atoms with Gasteiger partial charge in [0.15, 0.2) is 0 Å². The van der Waals surface area contributed by atoms with Gasteiger partial charge in [0.1, 0.15) is 11.9 Å². The summed E-state index contributed by atoms with van der Waals surface area (Å²) < 4.78 is 5.82. The van der Waals surface area contributed by atoms with Gasteiger partial charge in [-0.2, -0.15) is 0 Å². The zero-order valence-electron chi connectivity index (χ0n) is 11.3. The zero-order chi connectivity index (χ0) is 13.2. The lowest BCUT2D eigenvalue weighted by Gasteiger charge is -2.31. The number of hydrogen-bond donors (Lipinski definition) is 1. The highest BCUT2D eigenvalue weighted by atomic mass is 32.1. The van der Waals surface area contributed by atoms with Gasteiger partial charge in [0.25, 0.3) is 0 Å². The van der Waals surface area contributed by atoms with Crippen LogP contribution in [0.4, 0.5) is 0 Å². The molecule has 3 heterocycles. The normalized spacial score (nSPS) is 20.8. The van der Waals surface area contributed by atoms with Crippen LogP contribution in [0.1, 0.15) is 27.4 Å². The average molecular weight is 277 g/mol. The van der Waals surface area contributed by atoms with E-state index in [1.165, 1.54) is 9.75 Å². The Kier molecular flexibility index (Phi) is 3.68. The van der Waals surface area contributed by atoms with Crippen molar-refractivity contribution in [2.24, 2.45) is 0 Å². The number of H-pyrrole nitrogens is 1. The van der Waals surface area contributed by atoms with Gasteiger partial charge in [-0.3, -0.25) is 4.90 Å². The molecule has 5 heteroatoms. The van der Waals surface area contributed by atoms with E-state index in [0.29, 0.717) is 0 Å². The van der Waals surface area contributed by atoms with Crippen LogP contribution in [-0.2, 0) is 11.3 Å².